The van der Waals surface area contributed by atoms with Crippen molar-refractivity contribution in [3.8, 4) is 11.8 Å². The van der Waals surface area contributed by atoms with Gasteiger partial charge in [0.25, 0.3) is 0 Å². The lowest BCUT2D eigenvalue weighted by Gasteiger charge is -2.03. The zero-order valence-electron chi connectivity index (χ0n) is 7.38. The number of ether oxygens (including phenoxy) is 1. The van der Waals surface area contributed by atoms with Crippen LogP contribution in [0.4, 0.5) is 0 Å². The summed E-state index contributed by atoms with van der Waals surface area (Å²) in [6, 6.07) is 7.87. The number of halogens is 1. The number of benzene rings is 1. The highest BCUT2D eigenvalue weighted by molar-refractivity contribution is 9.10. The van der Waals surface area contributed by atoms with Gasteiger partial charge in [0, 0.05) is 7.05 Å². The molecule has 6 heteroatoms. The second-order valence-electron chi connectivity index (χ2n) is 2.62. The molecule has 1 aromatic carbocycles. The van der Waals surface area contributed by atoms with Crippen LogP contribution in [-0.4, -0.2) is 20.2 Å². The number of aryl methyl sites for hydroxylation is 1. The van der Waals surface area contributed by atoms with Crippen LogP contribution in [0.3, 0.4) is 0 Å². The minimum Gasteiger partial charge on any atom is -0.422 e. The average molecular weight is 255 g/mol. The molecular formula is C8H7BrN4O. The molecule has 0 unspecified atom stereocenters. The summed E-state index contributed by atoms with van der Waals surface area (Å²) in [6.07, 6.45) is 0. The normalized spacial score (nSPS) is 10.1. The Bertz CT molecular complexity index is 442. The number of rotatable bonds is 2. The first kappa shape index (κ1) is 9.14. The van der Waals surface area contributed by atoms with E-state index in [1.54, 1.807) is 7.05 Å². The van der Waals surface area contributed by atoms with Gasteiger partial charge in [0.1, 0.15) is 5.75 Å². The zero-order chi connectivity index (χ0) is 9.97. The SMILES string of the molecule is Cn1nnnc1Oc1ccccc1Br. The Morgan fingerprint density at radius 3 is 2.79 bits per heavy atom. The Morgan fingerprint density at radius 1 is 1.36 bits per heavy atom. The van der Waals surface area contributed by atoms with E-state index in [0.717, 1.165) is 4.47 Å². The van der Waals surface area contributed by atoms with E-state index in [0.29, 0.717) is 11.8 Å². The highest BCUT2D eigenvalue weighted by atomic mass is 79.9. The van der Waals surface area contributed by atoms with Gasteiger partial charge in [-0.05, 0) is 38.5 Å². The van der Waals surface area contributed by atoms with Gasteiger partial charge in [0.15, 0.2) is 0 Å². The molecule has 0 aliphatic rings. The molecule has 0 aliphatic carbocycles. The zero-order valence-corrected chi connectivity index (χ0v) is 8.97. The Kier molecular flexibility index (Phi) is 2.45. The number of hydrogen-bond donors (Lipinski definition) is 0. The van der Waals surface area contributed by atoms with Gasteiger partial charge in [-0.2, -0.15) is 4.68 Å². The topological polar surface area (TPSA) is 52.8 Å². The number of aromatic nitrogens is 4. The van der Waals surface area contributed by atoms with Crippen molar-refractivity contribution in [1.82, 2.24) is 20.2 Å². The van der Waals surface area contributed by atoms with Crippen LogP contribution in [0, 0.1) is 0 Å². The van der Waals surface area contributed by atoms with Crippen LogP contribution in [0.1, 0.15) is 0 Å². The quantitative estimate of drug-likeness (QED) is 0.820. The van der Waals surface area contributed by atoms with Crippen molar-refractivity contribution < 1.29 is 4.74 Å². The Morgan fingerprint density at radius 2 is 2.14 bits per heavy atom. The number of nitrogens with zero attached hydrogens (tertiary/aromatic N) is 4. The molecular weight excluding hydrogens is 248 g/mol. The molecule has 0 saturated heterocycles. The van der Waals surface area contributed by atoms with Crippen LogP contribution in [-0.2, 0) is 7.05 Å². The van der Waals surface area contributed by atoms with Crippen LogP contribution in [0.15, 0.2) is 28.7 Å². The van der Waals surface area contributed by atoms with Crippen LogP contribution in [0.25, 0.3) is 0 Å². The Balaban J connectivity index is 2.28. The first-order valence-corrected chi connectivity index (χ1v) is 4.71. The summed E-state index contributed by atoms with van der Waals surface area (Å²) in [5.41, 5.74) is 0. The van der Waals surface area contributed by atoms with Crippen LogP contribution in [0.5, 0.6) is 11.8 Å². The number of para-hydroxylation sites is 1. The molecule has 14 heavy (non-hydrogen) atoms. The van der Waals surface area contributed by atoms with E-state index in [1.807, 2.05) is 24.3 Å². The molecule has 0 atom stereocenters. The molecule has 5 nitrogen and oxygen atoms in total. The Labute approximate surface area is 88.8 Å². The van der Waals surface area contributed by atoms with Crippen molar-refractivity contribution in [1.29, 1.82) is 0 Å². The smallest absolute Gasteiger partial charge is 0.340 e. The van der Waals surface area contributed by atoms with Crippen molar-refractivity contribution in [2.45, 2.75) is 0 Å². The van der Waals surface area contributed by atoms with E-state index in [-0.39, 0.29) is 0 Å². The maximum absolute atomic E-state index is 5.46. The van der Waals surface area contributed by atoms with Gasteiger partial charge in [-0.3, -0.25) is 0 Å². The third kappa shape index (κ3) is 1.74. The van der Waals surface area contributed by atoms with Gasteiger partial charge in [-0.1, -0.05) is 17.2 Å². The first-order chi connectivity index (χ1) is 6.77. The van der Waals surface area contributed by atoms with E-state index >= 15 is 0 Å². The Hall–Kier alpha value is -1.43. The predicted octanol–water partition coefficient (Wildman–Crippen LogP) is 1.76. The lowest BCUT2D eigenvalue weighted by Crippen LogP contribution is -1.96. The minimum atomic E-state index is 0.358. The maximum atomic E-state index is 5.46. The van der Waals surface area contributed by atoms with E-state index < -0.39 is 0 Å². The molecule has 0 spiro atoms. The number of hydrogen-bond acceptors (Lipinski definition) is 4. The van der Waals surface area contributed by atoms with Gasteiger partial charge in [0.2, 0.25) is 0 Å². The molecule has 72 valence electrons. The fourth-order valence-corrected chi connectivity index (χ4v) is 1.30. The second-order valence-corrected chi connectivity index (χ2v) is 3.47. The summed E-state index contributed by atoms with van der Waals surface area (Å²) >= 11 is 3.36. The van der Waals surface area contributed by atoms with E-state index in [2.05, 4.69) is 31.5 Å². The maximum Gasteiger partial charge on any atom is 0.340 e. The van der Waals surface area contributed by atoms with Gasteiger partial charge < -0.3 is 4.74 Å². The predicted molar refractivity (Wildman–Crippen MR) is 53.0 cm³/mol. The number of tetrazole rings is 1. The fourth-order valence-electron chi connectivity index (χ4n) is 0.934. The average Bonchev–Trinajstić information content (AvgIpc) is 2.56. The van der Waals surface area contributed by atoms with Crippen LogP contribution in [0.2, 0.25) is 0 Å². The van der Waals surface area contributed by atoms with E-state index in [1.165, 1.54) is 4.68 Å². The van der Waals surface area contributed by atoms with E-state index in [9.17, 15) is 0 Å². The largest absolute Gasteiger partial charge is 0.422 e. The highest BCUT2D eigenvalue weighted by Crippen LogP contribution is 2.27. The van der Waals surface area contributed by atoms with Gasteiger partial charge in [-0.25, -0.2) is 0 Å². The standard InChI is InChI=1S/C8H7BrN4O/c1-13-8(10-11-12-13)14-7-5-3-2-4-6(7)9/h2-5H,1H3. The summed E-state index contributed by atoms with van der Waals surface area (Å²) < 4.78 is 7.78. The summed E-state index contributed by atoms with van der Waals surface area (Å²) in [6.45, 7) is 0. The van der Waals surface area contributed by atoms with Crippen molar-refractivity contribution in [3.63, 3.8) is 0 Å². The van der Waals surface area contributed by atoms with E-state index in [4.69, 9.17) is 4.74 Å². The third-order valence-corrected chi connectivity index (χ3v) is 2.27. The van der Waals surface area contributed by atoms with Crippen molar-refractivity contribution in [2.75, 3.05) is 0 Å². The lowest BCUT2D eigenvalue weighted by atomic mass is 10.3. The first-order valence-electron chi connectivity index (χ1n) is 3.92. The molecule has 1 heterocycles. The van der Waals surface area contributed by atoms with Crippen molar-refractivity contribution >= 4 is 15.9 Å². The second kappa shape index (κ2) is 3.75. The minimum absolute atomic E-state index is 0.358. The summed E-state index contributed by atoms with van der Waals surface area (Å²) in [5.74, 6) is 0.686. The summed E-state index contributed by atoms with van der Waals surface area (Å²) in [4.78, 5) is 0. The van der Waals surface area contributed by atoms with Gasteiger partial charge >= 0.3 is 6.01 Å². The molecule has 0 saturated carbocycles. The monoisotopic (exact) mass is 254 g/mol. The molecule has 0 N–H and O–H groups in total. The van der Waals surface area contributed by atoms with Crippen molar-refractivity contribution in [2.24, 2.45) is 7.05 Å². The molecule has 0 aliphatic heterocycles. The van der Waals surface area contributed by atoms with Crippen LogP contribution >= 0.6 is 15.9 Å². The van der Waals surface area contributed by atoms with Crippen molar-refractivity contribution in [3.05, 3.63) is 28.7 Å². The van der Waals surface area contributed by atoms with Gasteiger partial charge in [0.05, 0.1) is 4.47 Å². The van der Waals surface area contributed by atoms with Crippen LogP contribution < -0.4 is 4.74 Å². The molecule has 2 rings (SSSR count). The highest BCUT2D eigenvalue weighted by Gasteiger charge is 2.06. The molecule has 0 fully saturated rings. The lowest BCUT2D eigenvalue weighted by molar-refractivity contribution is 0.412. The summed E-state index contributed by atoms with van der Waals surface area (Å²) in [7, 11) is 1.71. The molecule has 0 amide bonds. The third-order valence-electron chi connectivity index (χ3n) is 1.62. The molecule has 0 bridgehead atoms. The molecule has 0 radical (unpaired) electrons. The summed E-state index contributed by atoms with van der Waals surface area (Å²) in [5, 5.41) is 10.8. The molecule has 1 aromatic heterocycles. The van der Waals surface area contributed by atoms with Gasteiger partial charge in [-0.15, -0.1) is 0 Å². The fraction of sp³-hybridized carbons (Fsp3) is 0.125. The molecule has 2 aromatic rings.